The number of pyridine rings is 1. The Labute approximate surface area is 177 Å². The molecule has 3 heterocycles. The van der Waals surface area contributed by atoms with Gasteiger partial charge in [-0.05, 0) is 13.0 Å². The zero-order valence-electron chi connectivity index (χ0n) is 17.6. The second-order valence-electron chi connectivity index (χ2n) is 8.33. The number of ether oxygens (including phenoxy) is 1. The molecule has 0 saturated carbocycles. The van der Waals surface area contributed by atoms with Crippen molar-refractivity contribution < 1.29 is 23.9 Å². The van der Waals surface area contributed by atoms with E-state index in [2.05, 4.69) is 5.16 Å². The van der Waals surface area contributed by atoms with Crippen LogP contribution in [-0.4, -0.2) is 54.7 Å². The molecule has 0 spiro atoms. The number of oxime groups is 1. The van der Waals surface area contributed by atoms with Crippen LogP contribution in [0, 0.1) is 11.2 Å². The molecule has 9 nitrogen and oxygen atoms in total. The zero-order valence-corrected chi connectivity index (χ0v) is 17.6. The fourth-order valence-electron chi connectivity index (χ4n) is 4.43. The largest absolute Gasteiger partial charge is 0.487 e. The SMILES string of the molecule is CO/N=C1/CCN(c2c(F)cc3c(=O)c(C(=O)O)cn4c3c2OC[C@@H]4C)CC1(C)CN. The first kappa shape index (κ1) is 21.1. The number of halogens is 1. The van der Waals surface area contributed by atoms with Crippen molar-refractivity contribution in [1.82, 2.24) is 4.57 Å². The van der Waals surface area contributed by atoms with E-state index < -0.39 is 28.2 Å². The standard InChI is InChI=1S/C21H25FN4O5/c1-11-8-31-19-16-12(18(27)13(20(28)29)7-26(11)16)6-14(22)17(19)25-5-4-15(24-30-3)21(2,9-23)10-25/h6-7,11H,4-5,8-10,23H2,1-3H3,(H,28,29)/b24-15-/t11-,21?/m0/s1. The molecule has 1 saturated heterocycles. The molecule has 4 rings (SSSR count). The summed E-state index contributed by atoms with van der Waals surface area (Å²) in [6.45, 7) is 5.15. The third-order valence-electron chi connectivity index (χ3n) is 6.20. The molecule has 2 aliphatic heterocycles. The summed E-state index contributed by atoms with van der Waals surface area (Å²) < 4.78 is 23.0. The summed E-state index contributed by atoms with van der Waals surface area (Å²) in [5.74, 6) is -1.75. The van der Waals surface area contributed by atoms with Gasteiger partial charge in [-0.2, -0.15) is 0 Å². The van der Waals surface area contributed by atoms with Gasteiger partial charge >= 0.3 is 5.97 Å². The minimum Gasteiger partial charge on any atom is -0.487 e. The first-order chi connectivity index (χ1) is 14.7. The van der Waals surface area contributed by atoms with Crippen LogP contribution in [0.15, 0.2) is 22.2 Å². The molecular weight excluding hydrogens is 407 g/mol. The van der Waals surface area contributed by atoms with Gasteiger partial charge in [0.05, 0.1) is 22.7 Å². The van der Waals surface area contributed by atoms with E-state index in [1.807, 2.05) is 18.7 Å². The number of aromatic nitrogens is 1. The summed E-state index contributed by atoms with van der Waals surface area (Å²) in [6.07, 6.45) is 1.84. The highest BCUT2D eigenvalue weighted by Gasteiger charge is 2.39. The number of hydrogen-bond acceptors (Lipinski definition) is 7. The van der Waals surface area contributed by atoms with Crippen molar-refractivity contribution in [2.24, 2.45) is 16.3 Å². The van der Waals surface area contributed by atoms with E-state index in [4.69, 9.17) is 15.3 Å². The van der Waals surface area contributed by atoms with Gasteiger partial charge in [0.2, 0.25) is 5.43 Å². The number of nitrogens with zero attached hydrogens (tertiary/aromatic N) is 3. The first-order valence-corrected chi connectivity index (χ1v) is 10.0. The minimum atomic E-state index is -1.35. The topological polar surface area (TPSA) is 119 Å². The monoisotopic (exact) mass is 432 g/mol. The van der Waals surface area contributed by atoms with Crippen LogP contribution in [0.3, 0.4) is 0 Å². The van der Waals surface area contributed by atoms with Gasteiger partial charge in [0, 0.05) is 37.7 Å². The summed E-state index contributed by atoms with van der Waals surface area (Å²) in [5, 5.41) is 13.5. The van der Waals surface area contributed by atoms with E-state index in [9.17, 15) is 14.7 Å². The lowest BCUT2D eigenvalue weighted by atomic mass is 9.79. The lowest BCUT2D eigenvalue weighted by molar-refractivity contribution is 0.0694. The maximum atomic E-state index is 15.4. The van der Waals surface area contributed by atoms with Crippen LogP contribution in [0.2, 0.25) is 0 Å². The first-order valence-electron chi connectivity index (χ1n) is 10.0. The number of rotatable bonds is 4. The number of carboxylic acids is 1. The Kier molecular flexibility index (Phi) is 5.12. The van der Waals surface area contributed by atoms with Crippen molar-refractivity contribution in [2.75, 3.05) is 38.3 Å². The predicted molar refractivity (Wildman–Crippen MR) is 114 cm³/mol. The highest BCUT2D eigenvalue weighted by atomic mass is 19.1. The lowest BCUT2D eigenvalue weighted by Gasteiger charge is -2.42. The van der Waals surface area contributed by atoms with E-state index in [1.54, 1.807) is 4.57 Å². The Morgan fingerprint density at radius 3 is 2.90 bits per heavy atom. The van der Waals surface area contributed by atoms with E-state index in [0.29, 0.717) is 31.6 Å². The molecule has 10 heteroatoms. The van der Waals surface area contributed by atoms with Crippen LogP contribution in [0.25, 0.3) is 10.9 Å². The van der Waals surface area contributed by atoms with Crippen molar-refractivity contribution in [3.05, 3.63) is 33.9 Å². The number of hydrogen-bond donors (Lipinski definition) is 2. The third kappa shape index (κ3) is 3.21. The molecule has 0 radical (unpaired) electrons. The van der Waals surface area contributed by atoms with Gasteiger partial charge in [-0.25, -0.2) is 9.18 Å². The van der Waals surface area contributed by atoms with Crippen LogP contribution in [-0.2, 0) is 4.84 Å². The Balaban J connectivity index is 1.93. The Hall–Kier alpha value is -3.14. The molecule has 1 aromatic carbocycles. The van der Waals surface area contributed by atoms with Gasteiger partial charge in [0.15, 0.2) is 11.6 Å². The summed E-state index contributed by atoms with van der Waals surface area (Å²) in [4.78, 5) is 31.1. The van der Waals surface area contributed by atoms with Crippen LogP contribution in [0.4, 0.5) is 10.1 Å². The van der Waals surface area contributed by atoms with Crippen molar-refractivity contribution in [1.29, 1.82) is 0 Å². The van der Waals surface area contributed by atoms with E-state index in [-0.39, 0.29) is 29.5 Å². The molecule has 2 aromatic rings. The second-order valence-corrected chi connectivity index (χ2v) is 8.33. The quantitative estimate of drug-likeness (QED) is 0.709. The van der Waals surface area contributed by atoms with Gasteiger partial charge in [-0.15, -0.1) is 0 Å². The normalized spacial score (nSPS) is 24.4. The smallest absolute Gasteiger partial charge is 0.341 e. The van der Waals surface area contributed by atoms with Crippen molar-refractivity contribution in [2.45, 2.75) is 26.3 Å². The third-order valence-corrected chi connectivity index (χ3v) is 6.20. The van der Waals surface area contributed by atoms with E-state index in [1.165, 1.54) is 13.3 Å². The van der Waals surface area contributed by atoms with Gasteiger partial charge in [-0.1, -0.05) is 12.1 Å². The Morgan fingerprint density at radius 1 is 1.52 bits per heavy atom. The Morgan fingerprint density at radius 2 is 2.26 bits per heavy atom. The number of nitrogens with two attached hydrogens (primary N) is 1. The molecule has 0 aliphatic carbocycles. The molecule has 0 bridgehead atoms. The predicted octanol–water partition coefficient (Wildman–Crippen LogP) is 1.97. The minimum absolute atomic E-state index is 0.0112. The lowest BCUT2D eigenvalue weighted by Crippen LogP contribution is -2.52. The molecule has 1 fully saturated rings. The van der Waals surface area contributed by atoms with Gasteiger partial charge in [-0.3, -0.25) is 4.79 Å². The zero-order chi connectivity index (χ0) is 22.5. The summed E-state index contributed by atoms with van der Waals surface area (Å²) in [5.41, 5.74) is 5.82. The fourth-order valence-corrected chi connectivity index (χ4v) is 4.43. The molecule has 31 heavy (non-hydrogen) atoms. The van der Waals surface area contributed by atoms with Crippen molar-refractivity contribution in [3.8, 4) is 5.75 Å². The molecule has 1 aromatic heterocycles. The second kappa shape index (κ2) is 7.52. The number of aromatic carboxylic acids is 1. The van der Waals surface area contributed by atoms with Crippen LogP contribution >= 0.6 is 0 Å². The van der Waals surface area contributed by atoms with E-state index >= 15 is 4.39 Å². The molecule has 166 valence electrons. The summed E-state index contributed by atoms with van der Waals surface area (Å²) in [7, 11) is 1.48. The average molecular weight is 432 g/mol. The maximum Gasteiger partial charge on any atom is 0.341 e. The molecule has 0 amide bonds. The van der Waals surface area contributed by atoms with Crippen molar-refractivity contribution >= 4 is 28.3 Å². The average Bonchev–Trinajstić information content (AvgIpc) is 2.73. The number of carbonyl (C=O) groups is 1. The Bertz CT molecular complexity index is 1160. The van der Waals surface area contributed by atoms with Crippen LogP contribution < -0.4 is 20.8 Å². The highest BCUT2D eigenvalue weighted by Crippen LogP contribution is 2.43. The molecule has 1 unspecified atom stereocenters. The number of anilines is 1. The molecule has 3 N–H and O–H groups in total. The maximum absolute atomic E-state index is 15.4. The molecule has 2 atom stereocenters. The highest BCUT2D eigenvalue weighted by molar-refractivity contribution is 5.98. The summed E-state index contributed by atoms with van der Waals surface area (Å²) in [6, 6.07) is 0.891. The number of benzene rings is 1. The van der Waals surface area contributed by atoms with E-state index in [0.717, 1.165) is 11.8 Å². The van der Waals surface area contributed by atoms with Gasteiger partial charge < -0.3 is 29.9 Å². The van der Waals surface area contributed by atoms with Crippen LogP contribution in [0.1, 0.15) is 36.7 Å². The van der Waals surface area contributed by atoms with Crippen molar-refractivity contribution in [3.63, 3.8) is 0 Å². The summed E-state index contributed by atoms with van der Waals surface area (Å²) >= 11 is 0. The van der Waals surface area contributed by atoms with Gasteiger partial charge in [0.1, 0.15) is 25.0 Å². The van der Waals surface area contributed by atoms with Gasteiger partial charge in [0.25, 0.3) is 0 Å². The number of piperidine rings is 1. The fraction of sp³-hybridized carbons (Fsp3) is 0.476. The number of carboxylic acid groups (broad SMARTS) is 1. The molecular formula is C21H25FN4O5. The van der Waals surface area contributed by atoms with Crippen LogP contribution in [0.5, 0.6) is 5.75 Å². The molecule has 2 aliphatic rings.